The maximum absolute atomic E-state index is 14.7. The molecule has 0 radical (unpaired) electrons. The van der Waals surface area contributed by atoms with Gasteiger partial charge in [0.15, 0.2) is 5.78 Å². The van der Waals surface area contributed by atoms with Gasteiger partial charge in [-0.25, -0.2) is 0 Å². The van der Waals surface area contributed by atoms with Gasteiger partial charge in [0.1, 0.15) is 12.2 Å². The molecule has 2 heterocycles. The van der Waals surface area contributed by atoms with Crippen LogP contribution in [-0.2, 0) is 28.9 Å². The molecule has 10 atom stereocenters. The van der Waals surface area contributed by atoms with Gasteiger partial charge in [0, 0.05) is 30.3 Å². The van der Waals surface area contributed by atoms with E-state index in [4.69, 9.17) is 5.73 Å². The molecule has 2 aliphatic heterocycles. The molecule has 2 aliphatic carbocycles. The number of fused-ring (bicyclic) bond motifs is 4. The zero-order valence-electron chi connectivity index (χ0n) is 38.7. The highest BCUT2D eigenvalue weighted by Crippen LogP contribution is 2.63. The smallest absolute Gasteiger partial charge is 0.243 e. The first-order valence-electron chi connectivity index (χ1n) is 23.5. The molecule has 1 amide bonds. The number of aliphatic hydroxyl groups is 5. The Bertz CT molecular complexity index is 2130. The summed E-state index contributed by atoms with van der Waals surface area (Å²) >= 11 is 0. The lowest BCUT2D eigenvalue weighted by molar-refractivity contribution is -0.168. The molecule has 2 fully saturated rings. The van der Waals surface area contributed by atoms with Crippen molar-refractivity contribution in [1.82, 2.24) is 16.0 Å². The van der Waals surface area contributed by atoms with Crippen molar-refractivity contribution in [2.45, 2.75) is 147 Å². The maximum atomic E-state index is 14.7. The molecule has 2 saturated carbocycles. The maximum Gasteiger partial charge on any atom is 0.243 e. The Labute approximate surface area is 380 Å². The normalized spacial score (nSPS) is 31.3. The van der Waals surface area contributed by atoms with Crippen LogP contribution in [0.1, 0.15) is 126 Å². The van der Waals surface area contributed by atoms with E-state index in [9.17, 15) is 35.1 Å². The van der Waals surface area contributed by atoms with Gasteiger partial charge in [-0.15, -0.1) is 0 Å². The average Bonchev–Trinajstić information content (AvgIpc) is 3.60. The van der Waals surface area contributed by atoms with Gasteiger partial charge < -0.3 is 41.9 Å². The molecule has 11 heteroatoms. The van der Waals surface area contributed by atoms with Gasteiger partial charge in [-0.2, -0.15) is 0 Å². The lowest BCUT2D eigenvalue weighted by atomic mass is 9.52. The van der Waals surface area contributed by atoms with Gasteiger partial charge in [0.05, 0.1) is 30.5 Å². The van der Waals surface area contributed by atoms with E-state index in [1.54, 1.807) is 6.92 Å². The van der Waals surface area contributed by atoms with Crippen LogP contribution >= 0.6 is 0 Å². The van der Waals surface area contributed by atoms with Crippen LogP contribution in [0.25, 0.3) is 0 Å². The minimum Gasteiger partial charge on any atom is -0.393 e. The zero-order valence-corrected chi connectivity index (χ0v) is 38.7. The summed E-state index contributed by atoms with van der Waals surface area (Å²) in [4.78, 5) is 28.3. The van der Waals surface area contributed by atoms with Gasteiger partial charge in [-0.3, -0.25) is 14.9 Å². The van der Waals surface area contributed by atoms with Gasteiger partial charge >= 0.3 is 0 Å². The minimum atomic E-state index is -1.33. The Hall–Kier alpha value is -4.04. The first-order valence-corrected chi connectivity index (χ1v) is 23.5. The number of carbonyl (C=O) groups excluding carboxylic acids is 2. The highest BCUT2D eigenvalue weighted by molar-refractivity contribution is 5.98. The van der Waals surface area contributed by atoms with Crippen molar-refractivity contribution in [2.75, 3.05) is 19.7 Å². The van der Waals surface area contributed by atoms with E-state index in [0.717, 1.165) is 35.2 Å². The number of benzene rings is 2. The molecular weight excluding hydrogens is 805 g/mol. The molecule has 0 saturated heterocycles. The van der Waals surface area contributed by atoms with Crippen LogP contribution in [0.3, 0.4) is 0 Å². The number of amides is 1. The molecule has 1 spiro atoms. The van der Waals surface area contributed by atoms with Crippen LogP contribution in [-0.4, -0.2) is 86.9 Å². The monoisotopic (exact) mass is 879 g/mol. The first kappa shape index (κ1) is 49.4. The van der Waals surface area contributed by atoms with Gasteiger partial charge in [-0.05, 0) is 149 Å². The summed E-state index contributed by atoms with van der Waals surface area (Å²) < 4.78 is 0. The quantitative estimate of drug-likeness (QED) is 0.110. The molecule has 2 aromatic rings. The summed E-state index contributed by atoms with van der Waals surface area (Å²) in [5.74, 6) is -1.38. The van der Waals surface area contributed by atoms with Crippen LogP contribution < -0.4 is 21.7 Å². The summed E-state index contributed by atoms with van der Waals surface area (Å²) in [6.07, 6.45) is 9.34. The number of aliphatic hydroxyl groups excluding tert-OH is 4. The largest absolute Gasteiger partial charge is 0.393 e. The fourth-order valence-corrected chi connectivity index (χ4v) is 11.3. The van der Waals surface area contributed by atoms with E-state index >= 15 is 0 Å². The zero-order chi connectivity index (χ0) is 46.3. The average molecular weight is 879 g/mol. The van der Waals surface area contributed by atoms with Crippen LogP contribution in [0.4, 0.5) is 0 Å². The topological polar surface area (TPSA) is 197 Å². The van der Waals surface area contributed by atoms with Crippen molar-refractivity contribution in [3.05, 3.63) is 129 Å². The van der Waals surface area contributed by atoms with Crippen LogP contribution in [0, 0.1) is 17.3 Å². The molecular formula is C53H74N4O7. The molecule has 64 heavy (non-hydrogen) atoms. The number of β-amino-alcohol motifs (C(OH)–C–C–N with tert-alkyl or cyclic N) is 1. The van der Waals surface area contributed by atoms with Crippen molar-refractivity contribution in [1.29, 1.82) is 0 Å². The fraction of sp³-hybridized carbons (Fsp3) is 0.547. The van der Waals surface area contributed by atoms with Crippen LogP contribution in [0.5, 0.6) is 0 Å². The molecule has 10 N–H and O–H groups in total. The van der Waals surface area contributed by atoms with Gasteiger partial charge in [-0.1, -0.05) is 91.4 Å². The summed E-state index contributed by atoms with van der Waals surface area (Å²) in [6.45, 7) is 14.8. The van der Waals surface area contributed by atoms with Crippen molar-refractivity contribution in [3.8, 4) is 0 Å². The number of Topliss-reactive ketones (excluding diaryl/α,β-unsaturated/α-hetero) is 1. The number of rotatable bonds is 9. The van der Waals surface area contributed by atoms with Gasteiger partial charge in [0.25, 0.3) is 0 Å². The first-order chi connectivity index (χ1) is 30.5. The highest BCUT2D eigenvalue weighted by Gasteiger charge is 2.64. The molecule has 10 unspecified atom stereocenters. The second kappa shape index (κ2) is 21.5. The standard InChI is InChI=1S/C53H74N4O7/c1-7-55-45(22-17-32(2)3)33(4)11-8-15-38(31-58)42-24-26-53(49(42)62)44-21-20-39(59)28-36-13-9-12-35(27-36)18-19-40(60)30-56-48-47-37(14-10-16-43(47)50(54)57-51(48)63)29-46(61)34(5)41(44)23-25-52(53,6)64/h8-17,27,39-40,42,44-45,48-50,55-56,58-60,62,64H,4,7,18-26,28-31,54H2,1-3,5-6H3,(H,57,63). The third-order valence-electron chi connectivity index (χ3n) is 14.9. The highest BCUT2D eigenvalue weighted by atomic mass is 16.3. The number of nitrogens with two attached hydrogens (primary N) is 1. The van der Waals surface area contributed by atoms with Crippen molar-refractivity contribution < 1.29 is 35.1 Å². The van der Waals surface area contributed by atoms with Crippen molar-refractivity contribution in [2.24, 2.45) is 23.0 Å². The van der Waals surface area contributed by atoms with E-state index in [0.29, 0.717) is 85.6 Å². The number of carbonyl (C=O) groups is 2. The Morgan fingerprint density at radius 2 is 1.77 bits per heavy atom. The van der Waals surface area contributed by atoms with E-state index in [1.807, 2.05) is 61.5 Å². The summed E-state index contributed by atoms with van der Waals surface area (Å²) in [7, 11) is 0. The van der Waals surface area contributed by atoms with E-state index in [1.165, 1.54) is 5.57 Å². The number of aryl methyl sites for hydroxylation is 1. The number of hydrogen-bond donors (Lipinski definition) is 9. The molecule has 348 valence electrons. The SMILES string of the molecule is C=C(C=CC=C(CO)C1CCC2(C3CCC(O)Cc4cccc(c4)CCC(O)CNC4C(=O)NC(N)c5cccc(c54)CC(=O)C(C)=C3CCC2(C)O)C1O)C(CC=C(C)C)NCC. The number of nitrogens with one attached hydrogen (secondary N) is 3. The molecule has 6 rings (SSSR count). The second-order valence-electron chi connectivity index (χ2n) is 19.4. The molecule has 4 aliphatic rings. The van der Waals surface area contributed by atoms with Gasteiger partial charge in [0.2, 0.25) is 5.91 Å². The van der Waals surface area contributed by atoms with E-state index in [2.05, 4.69) is 55.4 Å². The number of ketones is 1. The number of allylic oxidation sites excluding steroid dienone is 5. The molecule has 11 nitrogen and oxygen atoms in total. The lowest BCUT2D eigenvalue weighted by Crippen LogP contribution is -2.59. The summed E-state index contributed by atoms with van der Waals surface area (Å²) in [5, 5.41) is 68.5. The third kappa shape index (κ3) is 10.8. The Morgan fingerprint density at radius 3 is 2.50 bits per heavy atom. The van der Waals surface area contributed by atoms with Crippen molar-refractivity contribution >= 4 is 11.7 Å². The molecule has 2 bridgehead atoms. The Kier molecular flexibility index (Phi) is 16.6. The Morgan fingerprint density at radius 1 is 1.02 bits per heavy atom. The summed E-state index contributed by atoms with van der Waals surface area (Å²) in [5.41, 5.74) is 12.3. The predicted molar refractivity (Wildman–Crippen MR) is 253 cm³/mol. The van der Waals surface area contributed by atoms with Crippen molar-refractivity contribution in [3.63, 3.8) is 0 Å². The predicted octanol–water partition coefficient (Wildman–Crippen LogP) is 5.81. The molecule has 0 aromatic heterocycles. The third-order valence-corrected chi connectivity index (χ3v) is 14.9. The van der Waals surface area contributed by atoms with E-state index in [-0.39, 0.29) is 37.3 Å². The van der Waals surface area contributed by atoms with E-state index < -0.39 is 53.4 Å². The number of hydrogen-bond acceptors (Lipinski definition) is 10. The number of likely N-dealkylation sites (N-methyl/N-ethyl adjacent to an activating group) is 1. The van der Waals surface area contributed by atoms with Crippen LogP contribution in [0.15, 0.2) is 101 Å². The molecule has 2 aromatic carbocycles. The Balaban J connectivity index is 1.39. The van der Waals surface area contributed by atoms with Crippen LogP contribution in [0.2, 0.25) is 0 Å². The second-order valence-corrected chi connectivity index (χ2v) is 19.4. The minimum absolute atomic E-state index is 0.00417. The summed E-state index contributed by atoms with van der Waals surface area (Å²) in [6, 6.07) is 12.8. The lowest BCUT2D eigenvalue weighted by Gasteiger charge is -2.56. The fourth-order valence-electron chi connectivity index (χ4n) is 11.3.